The predicted octanol–water partition coefficient (Wildman–Crippen LogP) is 2.49. The number of pyridine rings is 1. The topological polar surface area (TPSA) is 79.4 Å². The normalized spacial score (nSPS) is 19.1. The van der Waals surface area contributed by atoms with Gasteiger partial charge in [-0.2, -0.15) is 4.31 Å². The number of hydrogen-bond donors (Lipinski definition) is 1. The van der Waals surface area contributed by atoms with Crippen LogP contribution in [-0.4, -0.2) is 36.7 Å². The minimum atomic E-state index is -3.50. The van der Waals surface area contributed by atoms with Crippen molar-refractivity contribution in [2.24, 2.45) is 5.92 Å². The number of nitrogens with zero attached hydrogens (tertiary/aromatic N) is 2. The van der Waals surface area contributed by atoms with Gasteiger partial charge < -0.3 is 5.32 Å². The van der Waals surface area contributed by atoms with Gasteiger partial charge in [0.25, 0.3) is 10.0 Å². The molecule has 2 aromatic rings. The van der Waals surface area contributed by atoms with Gasteiger partial charge in [0.2, 0.25) is 5.91 Å². The first-order valence-corrected chi connectivity index (χ1v) is 10.1. The van der Waals surface area contributed by atoms with Crippen molar-refractivity contribution < 1.29 is 13.2 Å². The van der Waals surface area contributed by atoms with E-state index in [0.29, 0.717) is 29.3 Å². The molecule has 128 valence electrons. The smallest absolute Gasteiger partial charge is 0.252 e. The van der Waals surface area contributed by atoms with Crippen LogP contribution in [0, 0.1) is 12.8 Å². The Hall–Kier alpha value is -1.77. The zero-order chi connectivity index (χ0) is 17.2. The Kier molecular flexibility index (Phi) is 4.98. The lowest BCUT2D eigenvalue weighted by molar-refractivity contribution is -0.120. The molecular weight excluding hydrogens is 346 g/mol. The van der Waals surface area contributed by atoms with Gasteiger partial charge in [0.15, 0.2) is 0 Å². The van der Waals surface area contributed by atoms with Crippen LogP contribution in [0.3, 0.4) is 0 Å². The summed E-state index contributed by atoms with van der Waals surface area (Å²) in [6.45, 7) is 2.54. The zero-order valence-corrected chi connectivity index (χ0v) is 14.9. The van der Waals surface area contributed by atoms with Gasteiger partial charge in [-0.25, -0.2) is 8.42 Å². The van der Waals surface area contributed by atoms with Crippen LogP contribution in [-0.2, 0) is 14.8 Å². The molecule has 8 heteroatoms. The molecule has 2 aromatic heterocycles. The number of carbonyl (C=O) groups excluding carboxylic acids is 1. The fourth-order valence-corrected chi connectivity index (χ4v) is 5.37. The lowest BCUT2D eigenvalue weighted by Gasteiger charge is -2.30. The van der Waals surface area contributed by atoms with Crippen LogP contribution in [0.1, 0.15) is 18.5 Å². The third-order valence-corrected chi connectivity index (χ3v) is 7.26. The largest absolute Gasteiger partial charge is 0.324 e. The maximum atomic E-state index is 12.6. The molecule has 0 unspecified atom stereocenters. The van der Waals surface area contributed by atoms with Crippen molar-refractivity contribution in [3.63, 3.8) is 0 Å². The van der Waals surface area contributed by atoms with Crippen molar-refractivity contribution in [1.82, 2.24) is 9.29 Å². The first-order chi connectivity index (χ1) is 11.5. The number of anilines is 1. The molecule has 6 nitrogen and oxygen atoms in total. The van der Waals surface area contributed by atoms with Gasteiger partial charge >= 0.3 is 0 Å². The predicted molar refractivity (Wildman–Crippen MR) is 93.4 cm³/mol. The number of nitrogens with one attached hydrogen (secondary N) is 1. The van der Waals surface area contributed by atoms with Crippen molar-refractivity contribution >= 4 is 33.0 Å². The molecule has 1 amide bonds. The van der Waals surface area contributed by atoms with Crippen LogP contribution in [0.2, 0.25) is 0 Å². The van der Waals surface area contributed by atoms with E-state index in [2.05, 4.69) is 10.3 Å². The highest BCUT2D eigenvalue weighted by Gasteiger charge is 2.33. The van der Waals surface area contributed by atoms with Gasteiger partial charge in [-0.15, -0.1) is 11.3 Å². The highest BCUT2D eigenvalue weighted by Crippen LogP contribution is 2.27. The summed E-state index contributed by atoms with van der Waals surface area (Å²) in [5.41, 5.74) is 1.50. The van der Waals surface area contributed by atoms with Gasteiger partial charge in [-0.3, -0.25) is 9.78 Å². The lowest BCUT2D eigenvalue weighted by Crippen LogP contribution is -2.43. The van der Waals surface area contributed by atoms with E-state index in [1.165, 1.54) is 15.6 Å². The number of amides is 1. The average molecular weight is 365 g/mol. The Bertz CT molecular complexity index is 802. The van der Waals surface area contributed by atoms with E-state index in [9.17, 15) is 13.2 Å². The first-order valence-electron chi connectivity index (χ1n) is 7.74. The van der Waals surface area contributed by atoms with Crippen molar-refractivity contribution in [3.8, 4) is 0 Å². The molecule has 1 atom stereocenters. The SMILES string of the molecule is Cc1ccc(NC(=O)[C@@H]2CCCN(S(=O)(=O)c3cccs3)C2)cn1. The average Bonchev–Trinajstić information content (AvgIpc) is 3.12. The van der Waals surface area contributed by atoms with Crippen LogP contribution >= 0.6 is 11.3 Å². The van der Waals surface area contributed by atoms with Crippen molar-refractivity contribution in [1.29, 1.82) is 0 Å². The van der Waals surface area contributed by atoms with Crippen molar-refractivity contribution in [2.45, 2.75) is 24.0 Å². The molecule has 0 bridgehead atoms. The summed E-state index contributed by atoms with van der Waals surface area (Å²) < 4.78 is 27.0. The molecule has 1 N–H and O–H groups in total. The molecule has 0 radical (unpaired) electrons. The summed E-state index contributed by atoms with van der Waals surface area (Å²) in [6, 6.07) is 6.94. The number of thiophene rings is 1. The second kappa shape index (κ2) is 7.00. The molecule has 1 fully saturated rings. The van der Waals surface area contributed by atoms with Crippen LogP contribution in [0.4, 0.5) is 5.69 Å². The summed E-state index contributed by atoms with van der Waals surface area (Å²) in [7, 11) is -3.50. The maximum Gasteiger partial charge on any atom is 0.252 e. The Balaban J connectivity index is 1.69. The molecule has 3 heterocycles. The van der Waals surface area contributed by atoms with E-state index >= 15 is 0 Å². The van der Waals surface area contributed by atoms with Crippen molar-refractivity contribution in [3.05, 3.63) is 41.5 Å². The second-order valence-corrected chi connectivity index (χ2v) is 8.92. The molecule has 0 aliphatic carbocycles. The highest BCUT2D eigenvalue weighted by molar-refractivity contribution is 7.91. The number of sulfonamides is 1. The Morgan fingerprint density at radius 3 is 2.88 bits per heavy atom. The minimum absolute atomic E-state index is 0.160. The third kappa shape index (κ3) is 3.66. The summed E-state index contributed by atoms with van der Waals surface area (Å²) in [5.74, 6) is -0.512. The molecule has 0 saturated carbocycles. The minimum Gasteiger partial charge on any atom is -0.324 e. The quantitative estimate of drug-likeness (QED) is 0.903. The summed E-state index contributed by atoms with van der Waals surface area (Å²) in [4.78, 5) is 16.6. The van der Waals surface area contributed by atoms with E-state index in [1.54, 1.807) is 29.8 Å². The van der Waals surface area contributed by atoms with Crippen LogP contribution in [0.5, 0.6) is 0 Å². The molecule has 24 heavy (non-hydrogen) atoms. The third-order valence-electron chi connectivity index (χ3n) is 4.02. The molecule has 1 aliphatic heterocycles. The second-order valence-electron chi connectivity index (χ2n) is 5.81. The molecular formula is C16H19N3O3S2. The standard InChI is InChI=1S/C16H19N3O3S2/c1-12-6-7-14(10-17-12)18-16(20)13-4-2-8-19(11-13)24(21,22)15-5-3-9-23-15/h3,5-7,9-10,13H,2,4,8,11H2,1H3,(H,18,20)/t13-/m1/s1. The Morgan fingerprint density at radius 2 is 2.21 bits per heavy atom. The molecule has 1 aliphatic rings. The number of piperidine rings is 1. The fraction of sp³-hybridized carbons (Fsp3) is 0.375. The van der Waals surface area contributed by atoms with Gasteiger partial charge in [0, 0.05) is 18.8 Å². The molecule has 1 saturated heterocycles. The van der Waals surface area contributed by atoms with Gasteiger partial charge in [0.1, 0.15) is 4.21 Å². The fourth-order valence-electron chi connectivity index (χ4n) is 2.70. The number of carbonyl (C=O) groups is 1. The van der Waals surface area contributed by atoms with Crippen LogP contribution in [0.15, 0.2) is 40.1 Å². The number of hydrogen-bond acceptors (Lipinski definition) is 5. The summed E-state index contributed by atoms with van der Waals surface area (Å²) in [6.07, 6.45) is 2.96. The van der Waals surface area contributed by atoms with Crippen LogP contribution in [0.25, 0.3) is 0 Å². The van der Waals surface area contributed by atoms with E-state index < -0.39 is 10.0 Å². The number of rotatable bonds is 4. The van der Waals surface area contributed by atoms with Crippen LogP contribution < -0.4 is 5.32 Å². The van der Waals surface area contributed by atoms with E-state index in [-0.39, 0.29) is 18.4 Å². The summed E-state index contributed by atoms with van der Waals surface area (Å²) >= 11 is 1.20. The maximum absolute atomic E-state index is 12.6. The Labute approximate surface area is 145 Å². The van der Waals surface area contributed by atoms with Gasteiger partial charge in [-0.05, 0) is 43.3 Å². The molecule has 3 rings (SSSR count). The van der Waals surface area contributed by atoms with E-state index in [4.69, 9.17) is 0 Å². The van der Waals surface area contributed by atoms with E-state index in [1.807, 2.05) is 13.0 Å². The Morgan fingerprint density at radius 1 is 1.38 bits per heavy atom. The van der Waals surface area contributed by atoms with E-state index in [0.717, 1.165) is 5.69 Å². The molecule has 0 spiro atoms. The number of aromatic nitrogens is 1. The molecule has 0 aromatic carbocycles. The summed E-state index contributed by atoms with van der Waals surface area (Å²) in [5, 5.41) is 4.57. The van der Waals surface area contributed by atoms with Gasteiger partial charge in [-0.1, -0.05) is 6.07 Å². The number of aryl methyl sites for hydroxylation is 1. The lowest BCUT2D eigenvalue weighted by atomic mass is 9.99. The monoisotopic (exact) mass is 365 g/mol. The van der Waals surface area contributed by atoms with Gasteiger partial charge in [0.05, 0.1) is 17.8 Å². The van der Waals surface area contributed by atoms with Crippen molar-refractivity contribution in [2.75, 3.05) is 18.4 Å². The first kappa shape index (κ1) is 17.1. The zero-order valence-electron chi connectivity index (χ0n) is 13.3. The highest BCUT2D eigenvalue weighted by atomic mass is 32.2.